The summed E-state index contributed by atoms with van der Waals surface area (Å²) < 4.78 is 0. The Balaban J connectivity index is 2.24. The smallest absolute Gasteiger partial charge is 0.274 e. The highest BCUT2D eigenvalue weighted by atomic mass is 32.1. The number of anilines is 1. The van der Waals surface area contributed by atoms with Crippen LogP contribution in [-0.2, 0) is 0 Å². The molecule has 0 saturated heterocycles. The number of nitrogens with one attached hydrogen (secondary N) is 1. The van der Waals surface area contributed by atoms with Gasteiger partial charge in [0.15, 0.2) is 0 Å². The topological polar surface area (TPSA) is 68.1 Å². The second kappa shape index (κ2) is 5.14. The molecule has 0 aliphatic rings. The van der Waals surface area contributed by atoms with Crippen LogP contribution in [-0.4, -0.2) is 9.91 Å². The average molecular weight is 263 g/mol. The highest BCUT2D eigenvalue weighted by molar-refractivity contribution is 7.09. The van der Waals surface area contributed by atoms with E-state index in [9.17, 15) is 10.1 Å². The van der Waals surface area contributed by atoms with E-state index in [0.29, 0.717) is 5.56 Å². The van der Waals surface area contributed by atoms with E-state index in [0.717, 1.165) is 10.6 Å². The first-order chi connectivity index (χ1) is 8.59. The monoisotopic (exact) mass is 263 g/mol. The summed E-state index contributed by atoms with van der Waals surface area (Å²) in [5.41, 5.74) is 3.34. The third-order valence-electron chi connectivity index (χ3n) is 2.75. The molecule has 0 bridgehead atoms. The summed E-state index contributed by atoms with van der Waals surface area (Å²) in [7, 11) is 0. The molecule has 0 fully saturated rings. The van der Waals surface area contributed by atoms with E-state index in [1.54, 1.807) is 36.0 Å². The number of benzene rings is 1. The van der Waals surface area contributed by atoms with Crippen molar-refractivity contribution < 1.29 is 4.92 Å². The van der Waals surface area contributed by atoms with E-state index in [-0.39, 0.29) is 16.7 Å². The zero-order chi connectivity index (χ0) is 13.1. The highest BCUT2D eigenvalue weighted by Gasteiger charge is 2.15. The van der Waals surface area contributed by atoms with Gasteiger partial charge in [0.1, 0.15) is 0 Å². The third kappa shape index (κ3) is 2.48. The van der Waals surface area contributed by atoms with Gasteiger partial charge in [0.25, 0.3) is 5.69 Å². The summed E-state index contributed by atoms with van der Waals surface area (Å²) in [6, 6.07) is 5.13. The van der Waals surface area contributed by atoms with Gasteiger partial charge in [0.05, 0.1) is 16.5 Å². The maximum absolute atomic E-state index is 10.9. The van der Waals surface area contributed by atoms with Gasteiger partial charge in [0, 0.05) is 28.4 Å². The summed E-state index contributed by atoms with van der Waals surface area (Å²) in [5, 5.41) is 14.1. The van der Waals surface area contributed by atoms with Gasteiger partial charge in [-0.25, -0.2) is 0 Å². The first-order valence-corrected chi connectivity index (χ1v) is 6.36. The van der Waals surface area contributed by atoms with E-state index in [1.165, 1.54) is 6.07 Å². The van der Waals surface area contributed by atoms with Gasteiger partial charge < -0.3 is 5.32 Å². The molecule has 1 aromatic heterocycles. The lowest BCUT2D eigenvalue weighted by molar-refractivity contribution is -0.385. The minimum absolute atomic E-state index is 0.0817. The molecule has 1 atom stereocenters. The van der Waals surface area contributed by atoms with Crippen molar-refractivity contribution >= 4 is 22.7 Å². The first-order valence-electron chi connectivity index (χ1n) is 5.48. The Morgan fingerprint density at radius 1 is 1.50 bits per heavy atom. The Bertz CT molecular complexity index is 554. The van der Waals surface area contributed by atoms with Crippen molar-refractivity contribution in [2.75, 3.05) is 5.32 Å². The van der Waals surface area contributed by atoms with Gasteiger partial charge in [-0.05, 0) is 19.9 Å². The number of hydrogen-bond donors (Lipinski definition) is 1. The van der Waals surface area contributed by atoms with Crippen LogP contribution in [0.4, 0.5) is 11.4 Å². The maximum Gasteiger partial charge on any atom is 0.274 e. The Morgan fingerprint density at radius 2 is 2.28 bits per heavy atom. The van der Waals surface area contributed by atoms with Crippen molar-refractivity contribution in [1.82, 2.24) is 4.98 Å². The van der Waals surface area contributed by atoms with Crippen LogP contribution in [0, 0.1) is 17.0 Å². The van der Waals surface area contributed by atoms with E-state index in [4.69, 9.17) is 0 Å². The van der Waals surface area contributed by atoms with Crippen LogP contribution in [0.1, 0.15) is 23.4 Å². The van der Waals surface area contributed by atoms with E-state index >= 15 is 0 Å². The lowest BCUT2D eigenvalue weighted by Gasteiger charge is -2.15. The van der Waals surface area contributed by atoms with E-state index in [1.807, 2.05) is 13.0 Å². The van der Waals surface area contributed by atoms with Gasteiger partial charge in [-0.1, -0.05) is 6.07 Å². The zero-order valence-electron chi connectivity index (χ0n) is 10.1. The predicted molar refractivity (Wildman–Crippen MR) is 72.0 cm³/mol. The molecule has 18 heavy (non-hydrogen) atoms. The number of nitro benzene ring substituents is 1. The molecule has 0 radical (unpaired) electrons. The van der Waals surface area contributed by atoms with Crippen LogP contribution in [0.3, 0.4) is 0 Å². The number of rotatable bonds is 4. The minimum atomic E-state index is -0.363. The fraction of sp³-hybridized carbons (Fsp3) is 0.250. The van der Waals surface area contributed by atoms with Crippen LogP contribution in [0.25, 0.3) is 0 Å². The standard InChI is InChI=1S/C12H13N3O2S/c1-8-10(4-3-5-11(8)15(16)17)14-9(2)12-6-13-7-18-12/h3-7,9,14H,1-2H3. The van der Waals surface area contributed by atoms with Crippen molar-refractivity contribution in [3.05, 3.63) is 50.5 Å². The summed E-state index contributed by atoms with van der Waals surface area (Å²) in [4.78, 5) is 15.6. The molecule has 0 spiro atoms. The molecule has 1 N–H and O–H groups in total. The van der Waals surface area contributed by atoms with Gasteiger partial charge in [-0.15, -0.1) is 11.3 Å². The van der Waals surface area contributed by atoms with Crippen LogP contribution < -0.4 is 5.32 Å². The molecule has 2 aromatic rings. The molecule has 0 saturated carbocycles. The summed E-state index contributed by atoms with van der Waals surface area (Å²) in [6.07, 6.45) is 1.80. The van der Waals surface area contributed by atoms with E-state index < -0.39 is 0 Å². The van der Waals surface area contributed by atoms with Crippen molar-refractivity contribution in [2.45, 2.75) is 19.9 Å². The normalized spacial score (nSPS) is 12.1. The van der Waals surface area contributed by atoms with Gasteiger partial charge in [-0.3, -0.25) is 15.1 Å². The average Bonchev–Trinajstić information content (AvgIpc) is 2.85. The van der Waals surface area contributed by atoms with Crippen molar-refractivity contribution in [3.8, 4) is 0 Å². The number of nitro groups is 1. The lowest BCUT2D eigenvalue weighted by atomic mass is 10.1. The van der Waals surface area contributed by atoms with Crippen LogP contribution >= 0.6 is 11.3 Å². The van der Waals surface area contributed by atoms with Crippen LogP contribution in [0.2, 0.25) is 0 Å². The molecule has 94 valence electrons. The van der Waals surface area contributed by atoms with Crippen molar-refractivity contribution in [1.29, 1.82) is 0 Å². The summed E-state index contributed by atoms with van der Waals surface area (Å²) >= 11 is 1.56. The lowest BCUT2D eigenvalue weighted by Crippen LogP contribution is -2.07. The second-order valence-corrected chi connectivity index (χ2v) is 4.89. The molecule has 0 aliphatic carbocycles. The molecule has 6 heteroatoms. The van der Waals surface area contributed by atoms with Crippen LogP contribution in [0.5, 0.6) is 0 Å². The molecule has 1 unspecified atom stereocenters. The molecular weight excluding hydrogens is 250 g/mol. The fourth-order valence-corrected chi connectivity index (χ4v) is 2.35. The SMILES string of the molecule is Cc1c(NC(C)c2cncs2)cccc1[N+](=O)[O-]. The van der Waals surface area contributed by atoms with Crippen molar-refractivity contribution in [3.63, 3.8) is 0 Å². The number of nitrogens with zero attached hydrogens (tertiary/aromatic N) is 2. The maximum atomic E-state index is 10.9. The molecule has 1 heterocycles. The van der Waals surface area contributed by atoms with Crippen molar-refractivity contribution in [2.24, 2.45) is 0 Å². The molecule has 0 amide bonds. The number of thiazole rings is 1. The Hall–Kier alpha value is -1.95. The van der Waals surface area contributed by atoms with Gasteiger partial charge in [0.2, 0.25) is 0 Å². The largest absolute Gasteiger partial charge is 0.377 e. The van der Waals surface area contributed by atoms with Crippen LogP contribution in [0.15, 0.2) is 29.9 Å². The quantitative estimate of drug-likeness (QED) is 0.676. The van der Waals surface area contributed by atoms with E-state index in [2.05, 4.69) is 10.3 Å². The minimum Gasteiger partial charge on any atom is -0.377 e. The first kappa shape index (κ1) is 12.5. The summed E-state index contributed by atoms with van der Waals surface area (Å²) in [6.45, 7) is 3.76. The predicted octanol–water partition coefficient (Wildman–Crippen LogP) is 3.53. The summed E-state index contributed by atoms with van der Waals surface area (Å²) in [5.74, 6) is 0. The fourth-order valence-electron chi connectivity index (χ4n) is 1.72. The Morgan fingerprint density at radius 3 is 2.89 bits per heavy atom. The number of hydrogen-bond acceptors (Lipinski definition) is 5. The number of aromatic nitrogens is 1. The molecule has 0 aliphatic heterocycles. The zero-order valence-corrected chi connectivity index (χ0v) is 10.9. The third-order valence-corrected chi connectivity index (χ3v) is 3.71. The highest BCUT2D eigenvalue weighted by Crippen LogP contribution is 2.29. The Kier molecular flexibility index (Phi) is 3.57. The van der Waals surface area contributed by atoms with Gasteiger partial charge in [-0.2, -0.15) is 0 Å². The van der Waals surface area contributed by atoms with Gasteiger partial charge >= 0.3 is 0 Å². The molecular formula is C12H13N3O2S. The molecule has 1 aromatic carbocycles. The molecule has 2 rings (SSSR count). The molecule has 5 nitrogen and oxygen atoms in total. The second-order valence-electron chi connectivity index (χ2n) is 3.98. The Labute approximate surface area is 109 Å².